The lowest BCUT2D eigenvalue weighted by atomic mass is 10.0. The summed E-state index contributed by atoms with van der Waals surface area (Å²) >= 11 is 3.14. The molecule has 0 fully saturated rings. The lowest BCUT2D eigenvalue weighted by Gasteiger charge is -2.08. The number of aliphatic hydroxyl groups excluding tert-OH is 1. The lowest BCUT2D eigenvalue weighted by molar-refractivity contribution is 0.0596. The summed E-state index contributed by atoms with van der Waals surface area (Å²) in [6.45, 7) is -0.283. The topological polar surface area (TPSA) is 70.3 Å². The average molecular weight is 270 g/mol. The Morgan fingerprint density at radius 3 is 2.80 bits per heavy atom. The van der Waals surface area contributed by atoms with E-state index in [9.17, 15) is 4.79 Å². The summed E-state index contributed by atoms with van der Waals surface area (Å²) in [4.78, 5) is 11.4. The molecule has 5 heteroatoms. The van der Waals surface area contributed by atoms with Crippen molar-refractivity contribution in [2.24, 2.45) is 0 Å². The molecular weight excluding hydrogens is 262 g/mol. The van der Waals surface area contributed by atoms with E-state index >= 15 is 0 Å². The predicted molar refractivity (Wildman–Crippen MR) is 56.1 cm³/mol. The predicted octanol–water partition coefficient (Wildman–Crippen LogP) is 1.60. The molecule has 0 atom stereocenters. The molecule has 0 aliphatic carbocycles. The number of carbonyl (C=O) groups is 1. The fourth-order valence-corrected chi connectivity index (χ4v) is 1.79. The van der Waals surface area contributed by atoms with Gasteiger partial charge in [-0.05, 0) is 27.6 Å². The van der Waals surface area contributed by atoms with E-state index in [0.29, 0.717) is 15.6 Å². The van der Waals surface area contributed by atoms with E-state index < -0.39 is 5.97 Å². The highest BCUT2D eigenvalue weighted by Gasteiger charge is 2.18. The van der Waals surface area contributed by atoms with Crippen molar-refractivity contribution in [1.29, 1.82) is 5.26 Å². The molecule has 1 rings (SSSR count). The number of ether oxygens (including phenoxy) is 1. The Morgan fingerprint density at radius 1 is 1.67 bits per heavy atom. The van der Waals surface area contributed by atoms with Crippen molar-refractivity contribution in [2.75, 3.05) is 7.11 Å². The molecule has 0 bridgehead atoms. The number of halogens is 1. The first-order valence-electron chi connectivity index (χ1n) is 4.06. The Morgan fingerprint density at radius 2 is 2.33 bits per heavy atom. The van der Waals surface area contributed by atoms with E-state index in [2.05, 4.69) is 20.7 Å². The van der Waals surface area contributed by atoms with Gasteiger partial charge in [-0.15, -0.1) is 0 Å². The third kappa shape index (κ3) is 2.17. The monoisotopic (exact) mass is 269 g/mol. The van der Waals surface area contributed by atoms with Crippen LogP contribution in [0.3, 0.4) is 0 Å². The van der Waals surface area contributed by atoms with Gasteiger partial charge in [-0.1, -0.05) is 6.07 Å². The molecule has 0 saturated heterocycles. The minimum absolute atomic E-state index is 0.194. The van der Waals surface area contributed by atoms with Gasteiger partial charge in [0.1, 0.15) is 6.07 Å². The summed E-state index contributed by atoms with van der Waals surface area (Å²) in [5.74, 6) is -0.581. The number of esters is 1. The van der Waals surface area contributed by atoms with Crippen LogP contribution in [-0.2, 0) is 11.3 Å². The van der Waals surface area contributed by atoms with Crippen LogP contribution in [0.1, 0.15) is 21.5 Å². The molecule has 1 aromatic rings. The molecule has 78 valence electrons. The van der Waals surface area contributed by atoms with Gasteiger partial charge in [-0.25, -0.2) is 4.79 Å². The van der Waals surface area contributed by atoms with Gasteiger partial charge in [0.05, 0.1) is 29.3 Å². The maximum Gasteiger partial charge on any atom is 0.339 e. The van der Waals surface area contributed by atoms with Gasteiger partial charge in [-0.2, -0.15) is 5.26 Å². The molecule has 0 saturated carbocycles. The summed E-state index contributed by atoms with van der Waals surface area (Å²) in [5.41, 5.74) is 0.944. The van der Waals surface area contributed by atoms with Crippen molar-refractivity contribution >= 4 is 21.9 Å². The Balaban J connectivity index is 3.44. The number of benzene rings is 1. The Labute approximate surface area is 95.2 Å². The zero-order valence-electron chi connectivity index (χ0n) is 7.95. The van der Waals surface area contributed by atoms with Crippen LogP contribution in [0.2, 0.25) is 0 Å². The van der Waals surface area contributed by atoms with E-state index in [4.69, 9.17) is 10.4 Å². The molecule has 0 amide bonds. The van der Waals surface area contributed by atoms with E-state index in [1.807, 2.05) is 6.07 Å². The first kappa shape index (κ1) is 11.7. The maximum atomic E-state index is 11.4. The highest BCUT2D eigenvalue weighted by molar-refractivity contribution is 9.10. The largest absolute Gasteiger partial charge is 0.465 e. The van der Waals surface area contributed by atoms with Gasteiger partial charge < -0.3 is 9.84 Å². The summed E-state index contributed by atoms with van der Waals surface area (Å²) in [6, 6.07) is 4.98. The number of methoxy groups -OCH3 is 1. The Bertz CT molecular complexity index is 437. The molecule has 4 nitrogen and oxygen atoms in total. The molecular formula is C10H8BrNO3. The zero-order valence-corrected chi connectivity index (χ0v) is 9.54. The Hall–Kier alpha value is -1.38. The fourth-order valence-electron chi connectivity index (χ4n) is 1.16. The van der Waals surface area contributed by atoms with Crippen LogP contribution in [0.25, 0.3) is 0 Å². The van der Waals surface area contributed by atoms with Crippen LogP contribution >= 0.6 is 15.9 Å². The standard InChI is InChI=1S/C10H8BrNO3/c1-15-10(14)8-7(5-13)3-2-6(4-12)9(8)11/h2-3,13H,5H2,1H3. The molecule has 1 aromatic carbocycles. The first-order chi connectivity index (χ1) is 7.15. The van der Waals surface area contributed by atoms with Gasteiger partial charge in [0.25, 0.3) is 0 Å². The van der Waals surface area contributed by atoms with Crippen molar-refractivity contribution in [3.8, 4) is 6.07 Å². The number of nitriles is 1. The molecule has 0 radical (unpaired) electrons. The van der Waals surface area contributed by atoms with Gasteiger partial charge in [0.2, 0.25) is 0 Å². The molecule has 0 spiro atoms. The normalized spacial score (nSPS) is 9.47. The number of carbonyl (C=O) groups excluding carboxylic acids is 1. The summed E-state index contributed by atoms with van der Waals surface area (Å²) in [7, 11) is 1.25. The van der Waals surface area contributed by atoms with Gasteiger partial charge in [0.15, 0.2) is 0 Å². The average Bonchev–Trinajstić information content (AvgIpc) is 2.27. The molecule has 0 aromatic heterocycles. The van der Waals surface area contributed by atoms with E-state index in [-0.39, 0.29) is 12.2 Å². The second-order valence-corrected chi connectivity index (χ2v) is 3.52. The smallest absolute Gasteiger partial charge is 0.339 e. The summed E-state index contributed by atoms with van der Waals surface area (Å²) in [6.07, 6.45) is 0. The molecule has 0 heterocycles. The summed E-state index contributed by atoms with van der Waals surface area (Å²) < 4.78 is 4.92. The van der Waals surface area contributed by atoms with Crippen LogP contribution in [0.15, 0.2) is 16.6 Å². The van der Waals surface area contributed by atoms with Crippen LogP contribution in [-0.4, -0.2) is 18.2 Å². The van der Waals surface area contributed by atoms with Crippen molar-refractivity contribution in [3.05, 3.63) is 33.3 Å². The SMILES string of the molecule is COC(=O)c1c(CO)ccc(C#N)c1Br. The minimum Gasteiger partial charge on any atom is -0.465 e. The quantitative estimate of drug-likeness (QED) is 0.828. The number of nitrogens with zero attached hydrogens (tertiary/aromatic N) is 1. The van der Waals surface area contributed by atoms with Crippen LogP contribution < -0.4 is 0 Å². The van der Waals surface area contributed by atoms with Gasteiger partial charge >= 0.3 is 5.97 Å². The second-order valence-electron chi connectivity index (χ2n) is 2.72. The van der Waals surface area contributed by atoms with E-state index in [0.717, 1.165) is 0 Å². The molecule has 0 aliphatic heterocycles. The van der Waals surface area contributed by atoms with Gasteiger partial charge in [-0.3, -0.25) is 0 Å². The second kappa shape index (κ2) is 4.91. The number of hydrogen-bond donors (Lipinski definition) is 1. The lowest BCUT2D eigenvalue weighted by Crippen LogP contribution is -2.08. The van der Waals surface area contributed by atoms with Crippen molar-refractivity contribution in [3.63, 3.8) is 0 Å². The molecule has 15 heavy (non-hydrogen) atoms. The van der Waals surface area contributed by atoms with Crippen molar-refractivity contribution < 1.29 is 14.6 Å². The van der Waals surface area contributed by atoms with Crippen LogP contribution in [0, 0.1) is 11.3 Å². The number of aliphatic hydroxyl groups is 1. The molecule has 0 aliphatic rings. The number of hydrogen-bond acceptors (Lipinski definition) is 4. The van der Waals surface area contributed by atoms with Crippen LogP contribution in [0.4, 0.5) is 0 Å². The molecule has 0 unspecified atom stereocenters. The molecule has 1 N–H and O–H groups in total. The maximum absolute atomic E-state index is 11.4. The highest BCUT2D eigenvalue weighted by Crippen LogP contribution is 2.25. The minimum atomic E-state index is -0.581. The third-order valence-corrected chi connectivity index (χ3v) is 2.73. The highest BCUT2D eigenvalue weighted by atomic mass is 79.9. The Kier molecular flexibility index (Phi) is 3.83. The summed E-state index contributed by atoms with van der Waals surface area (Å²) in [5, 5.41) is 17.8. The first-order valence-corrected chi connectivity index (χ1v) is 4.85. The number of rotatable bonds is 2. The van der Waals surface area contributed by atoms with Crippen molar-refractivity contribution in [1.82, 2.24) is 0 Å². The zero-order chi connectivity index (χ0) is 11.4. The van der Waals surface area contributed by atoms with Crippen molar-refractivity contribution in [2.45, 2.75) is 6.61 Å². The van der Waals surface area contributed by atoms with E-state index in [1.54, 1.807) is 0 Å². The fraction of sp³-hybridized carbons (Fsp3) is 0.200. The third-order valence-electron chi connectivity index (χ3n) is 1.91. The van der Waals surface area contributed by atoms with E-state index in [1.165, 1.54) is 19.2 Å². The van der Waals surface area contributed by atoms with Gasteiger partial charge in [0, 0.05) is 0 Å². The van der Waals surface area contributed by atoms with Crippen LogP contribution in [0.5, 0.6) is 0 Å².